The van der Waals surface area contributed by atoms with Gasteiger partial charge in [0.15, 0.2) is 5.43 Å². The quantitative estimate of drug-likeness (QED) is 0.380. The zero-order valence-corrected chi connectivity index (χ0v) is 18.1. The van der Waals surface area contributed by atoms with Crippen LogP contribution < -0.4 is 15.9 Å². The lowest BCUT2D eigenvalue weighted by Gasteiger charge is -2.24. The van der Waals surface area contributed by atoms with Gasteiger partial charge in [0.1, 0.15) is 11.5 Å². The molecule has 0 amide bonds. The molecule has 0 aliphatic carbocycles. The molecule has 3 aromatic carbocycles. The van der Waals surface area contributed by atoms with Gasteiger partial charge in [0, 0.05) is 20.2 Å². The first kappa shape index (κ1) is 21.5. The van der Waals surface area contributed by atoms with E-state index in [9.17, 15) is 15.0 Å². The second-order valence-corrected chi connectivity index (χ2v) is 9.10. The molecule has 6 heteroatoms. The molecule has 0 bridgehead atoms. The van der Waals surface area contributed by atoms with E-state index in [4.69, 9.17) is 10.5 Å². The highest BCUT2D eigenvalue weighted by Crippen LogP contribution is 2.31. The lowest BCUT2D eigenvalue weighted by molar-refractivity contribution is 0.115. The van der Waals surface area contributed by atoms with Crippen molar-refractivity contribution in [2.24, 2.45) is 5.73 Å². The summed E-state index contributed by atoms with van der Waals surface area (Å²) >= 11 is 1.55. The average molecular weight is 436 g/mol. The molecule has 0 fully saturated rings. The number of ether oxygens (including phenoxy) is 1. The van der Waals surface area contributed by atoms with Gasteiger partial charge in [-0.1, -0.05) is 18.2 Å². The monoisotopic (exact) mass is 435 g/mol. The highest BCUT2D eigenvalue weighted by Gasteiger charge is 2.22. The van der Waals surface area contributed by atoms with Crippen LogP contribution in [-0.4, -0.2) is 29.0 Å². The molecule has 4 aromatic rings. The van der Waals surface area contributed by atoms with Crippen molar-refractivity contribution in [3.05, 3.63) is 82.0 Å². The SMILES string of the molecule is Cc1cccc(Oc2ccc3c(=O)c4cc(CCC(N)(CO)CO)ccc4sc3c2)c1. The van der Waals surface area contributed by atoms with Gasteiger partial charge in [-0.15, -0.1) is 11.3 Å². The second-order valence-electron chi connectivity index (χ2n) is 8.02. The van der Waals surface area contributed by atoms with Gasteiger partial charge in [-0.25, -0.2) is 0 Å². The molecular weight excluding hydrogens is 410 g/mol. The number of hydrogen-bond donors (Lipinski definition) is 3. The maximum Gasteiger partial charge on any atom is 0.195 e. The van der Waals surface area contributed by atoms with E-state index in [-0.39, 0.29) is 18.6 Å². The molecule has 5 nitrogen and oxygen atoms in total. The van der Waals surface area contributed by atoms with Gasteiger partial charge >= 0.3 is 0 Å². The fourth-order valence-electron chi connectivity index (χ4n) is 3.52. The zero-order chi connectivity index (χ0) is 22.0. The van der Waals surface area contributed by atoms with E-state index in [0.29, 0.717) is 29.4 Å². The van der Waals surface area contributed by atoms with E-state index < -0.39 is 5.54 Å². The molecule has 0 aliphatic heterocycles. The van der Waals surface area contributed by atoms with E-state index >= 15 is 0 Å². The van der Waals surface area contributed by atoms with Gasteiger partial charge in [-0.2, -0.15) is 0 Å². The zero-order valence-electron chi connectivity index (χ0n) is 17.3. The Kier molecular flexibility index (Phi) is 6.07. The van der Waals surface area contributed by atoms with Crippen LogP contribution in [0.5, 0.6) is 11.5 Å². The Balaban J connectivity index is 1.66. The number of nitrogens with two attached hydrogens (primary N) is 1. The van der Waals surface area contributed by atoms with Gasteiger partial charge in [-0.3, -0.25) is 4.79 Å². The van der Waals surface area contributed by atoms with E-state index in [1.807, 2.05) is 67.6 Å². The topological polar surface area (TPSA) is 92.8 Å². The van der Waals surface area contributed by atoms with E-state index in [1.165, 1.54) is 0 Å². The summed E-state index contributed by atoms with van der Waals surface area (Å²) < 4.78 is 7.75. The largest absolute Gasteiger partial charge is 0.457 e. The number of fused-ring (bicyclic) bond motifs is 2. The molecule has 31 heavy (non-hydrogen) atoms. The summed E-state index contributed by atoms with van der Waals surface area (Å²) in [6, 6.07) is 19.2. The summed E-state index contributed by atoms with van der Waals surface area (Å²) in [6.07, 6.45) is 0.995. The average Bonchev–Trinajstić information content (AvgIpc) is 2.78. The first-order valence-corrected chi connectivity index (χ1v) is 11.0. The maximum absolute atomic E-state index is 13.1. The predicted octanol–water partition coefficient (Wildman–Crippen LogP) is 4.13. The molecule has 1 heterocycles. The van der Waals surface area contributed by atoms with Crippen LogP contribution in [0.2, 0.25) is 0 Å². The molecule has 0 radical (unpaired) electrons. The fraction of sp³-hybridized carbons (Fsp3) is 0.240. The summed E-state index contributed by atoms with van der Waals surface area (Å²) in [5, 5.41) is 20.1. The van der Waals surface area contributed by atoms with Crippen molar-refractivity contribution in [1.29, 1.82) is 0 Å². The van der Waals surface area contributed by atoms with Crippen LogP contribution in [0.1, 0.15) is 17.5 Å². The Labute approximate surface area is 184 Å². The standard InChI is InChI=1S/C25H25NO4S/c1-16-3-2-4-18(11-16)30-19-6-7-20-23(13-19)31-22-8-5-17(12-21(22)24(20)29)9-10-25(26,14-27)15-28/h2-8,11-13,27-28H,9-10,14-15,26H2,1H3. The molecule has 0 unspecified atom stereocenters. The Hall–Kier alpha value is -2.77. The number of aryl methyl sites for hydroxylation is 2. The molecular formula is C25H25NO4S. The van der Waals surface area contributed by atoms with Crippen molar-refractivity contribution in [2.75, 3.05) is 13.2 Å². The normalized spacial score (nSPS) is 11.9. The van der Waals surface area contributed by atoms with Crippen molar-refractivity contribution in [3.63, 3.8) is 0 Å². The molecule has 0 saturated heterocycles. The molecule has 0 atom stereocenters. The first-order chi connectivity index (χ1) is 14.9. The van der Waals surface area contributed by atoms with Gasteiger partial charge in [-0.05, 0) is 73.4 Å². The molecule has 160 valence electrons. The van der Waals surface area contributed by atoms with Gasteiger partial charge in [0.05, 0.1) is 18.8 Å². The molecule has 0 saturated carbocycles. The fourth-order valence-corrected chi connectivity index (χ4v) is 4.60. The van der Waals surface area contributed by atoms with Crippen molar-refractivity contribution < 1.29 is 14.9 Å². The lowest BCUT2D eigenvalue weighted by Crippen LogP contribution is -2.47. The molecule has 4 rings (SSSR count). The lowest BCUT2D eigenvalue weighted by atomic mass is 9.93. The number of aliphatic hydroxyl groups excluding tert-OH is 2. The highest BCUT2D eigenvalue weighted by molar-refractivity contribution is 7.24. The van der Waals surface area contributed by atoms with Gasteiger partial charge in [0.2, 0.25) is 0 Å². The Morgan fingerprint density at radius 2 is 1.71 bits per heavy atom. The summed E-state index contributed by atoms with van der Waals surface area (Å²) in [6.45, 7) is 1.44. The summed E-state index contributed by atoms with van der Waals surface area (Å²) in [7, 11) is 0. The Bertz CT molecular complexity index is 1290. The molecule has 0 spiro atoms. The third-order valence-corrected chi connectivity index (χ3v) is 6.61. The third kappa shape index (κ3) is 4.62. The maximum atomic E-state index is 13.1. The third-order valence-electron chi connectivity index (χ3n) is 5.47. The van der Waals surface area contributed by atoms with E-state index in [2.05, 4.69) is 0 Å². The number of hydrogen-bond acceptors (Lipinski definition) is 6. The second kappa shape index (κ2) is 8.77. The van der Waals surface area contributed by atoms with Crippen LogP contribution >= 0.6 is 11.3 Å². The molecule has 1 aromatic heterocycles. The van der Waals surface area contributed by atoms with Crippen LogP contribution in [-0.2, 0) is 6.42 Å². The number of benzene rings is 3. The van der Waals surface area contributed by atoms with Crippen LogP contribution in [0.4, 0.5) is 0 Å². The summed E-state index contributed by atoms with van der Waals surface area (Å²) in [5.74, 6) is 1.45. The van der Waals surface area contributed by atoms with Crippen molar-refractivity contribution in [2.45, 2.75) is 25.3 Å². The smallest absolute Gasteiger partial charge is 0.195 e. The molecule has 0 aliphatic rings. The number of rotatable bonds is 7. The molecule has 4 N–H and O–H groups in total. The number of aliphatic hydroxyl groups is 2. The van der Waals surface area contributed by atoms with Crippen molar-refractivity contribution >= 4 is 31.5 Å². The first-order valence-electron chi connectivity index (χ1n) is 10.2. The van der Waals surface area contributed by atoms with Crippen LogP contribution in [0, 0.1) is 6.92 Å². The van der Waals surface area contributed by atoms with E-state index in [1.54, 1.807) is 11.3 Å². The van der Waals surface area contributed by atoms with Gasteiger partial charge in [0.25, 0.3) is 0 Å². The van der Waals surface area contributed by atoms with Crippen molar-refractivity contribution in [1.82, 2.24) is 0 Å². The van der Waals surface area contributed by atoms with Gasteiger partial charge < -0.3 is 20.7 Å². The minimum absolute atomic E-state index is 0.0176. The van der Waals surface area contributed by atoms with Crippen LogP contribution in [0.25, 0.3) is 20.2 Å². The summed E-state index contributed by atoms with van der Waals surface area (Å²) in [5.41, 5.74) is 7.00. The van der Waals surface area contributed by atoms with Crippen molar-refractivity contribution in [3.8, 4) is 11.5 Å². The summed E-state index contributed by atoms with van der Waals surface area (Å²) in [4.78, 5) is 13.1. The Morgan fingerprint density at radius 3 is 2.45 bits per heavy atom. The highest BCUT2D eigenvalue weighted by atomic mass is 32.1. The minimum atomic E-state index is -1.02. The van der Waals surface area contributed by atoms with Crippen LogP contribution in [0.15, 0.2) is 65.5 Å². The van der Waals surface area contributed by atoms with E-state index in [0.717, 1.165) is 26.3 Å². The minimum Gasteiger partial charge on any atom is -0.457 e. The Morgan fingerprint density at radius 1 is 0.935 bits per heavy atom. The predicted molar refractivity (Wildman–Crippen MR) is 126 cm³/mol. The van der Waals surface area contributed by atoms with Crippen LogP contribution in [0.3, 0.4) is 0 Å².